The van der Waals surface area contributed by atoms with E-state index in [9.17, 15) is 0 Å². The number of hydrogen-bond donors (Lipinski definition) is 0. The fraction of sp³-hybridized carbons (Fsp3) is 1.00. The van der Waals surface area contributed by atoms with E-state index < -0.39 is 16.7 Å². The Morgan fingerprint density at radius 1 is 0.652 bits per heavy atom. The van der Waals surface area contributed by atoms with Crippen LogP contribution in [0.25, 0.3) is 0 Å². The summed E-state index contributed by atoms with van der Waals surface area (Å²) in [6.07, 6.45) is 6.28. The van der Waals surface area contributed by atoms with E-state index in [1.54, 1.807) is 0 Å². The molecule has 0 N–H and O–H groups in total. The van der Waals surface area contributed by atoms with Crippen LogP contribution in [0, 0.1) is 0 Å². The van der Waals surface area contributed by atoms with Crippen LogP contribution in [0.2, 0.25) is 12.1 Å². The maximum Gasteiger partial charge on any atom is 0.492 e. The van der Waals surface area contributed by atoms with Gasteiger partial charge in [-0.3, -0.25) is 0 Å². The van der Waals surface area contributed by atoms with E-state index in [1.807, 2.05) is 6.92 Å². The van der Waals surface area contributed by atoms with Crippen molar-refractivity contribution in [3.63, 3.8) is 0 Å². The Kier molecular flexibility index (Phi) is 14.1. The van der Waals surface area contributed by atoms with Gasteiger partial charge < -0.3 is 17.4 Å². The van der Waals surface area contributed by atoms with Gasteiger partial charge in [-0.15, -0.1) is 0 Å². The second kappa shape index (κ2) is 13.8. The lowest BCUT2D eigenvalue weighted by molar-refractivity contribution is 0.0873. The first-order chi connectivity index (χ1) is 11.0. The van der Waals surface area contributed by atoms with Crippen molar-refractivity contribution in [3.8, 4) is 0 Å². The van der Waals surface area contributed by atoms with Crippen LogP contribution in [-0.4, -0.2) is 36.5 Å². The maximum atomic E-state index is 6.72. The number of hydrogen-bond acceptors (Lipinski definition) is 4. The highest BCUT2D eigenvalue weighted by atomic mass is 35.6. The van der Waals surface area contributed by atoms with Crippen molar-refractivity contribution in [1.29, 1.82) is 0 Å². The SMILES string of the molecule is CCCCO[Si](Cl)(CC)O[Si](CC)(OCCCC)OCCCC. The Morgan fingerprint density at radius 2 is 1.09 bits per heavy atom. The summed E-state index contributed by atoms with van der Waals surface area (Å²) in [5, 5.41) is 0. The summed E-state index contributed by atoms with van der Waals surface area (Å²) in [5.41, 5.74) is 0. The van der Waals surface area contributed by atoms with Gasteiger partial charge in [0.2, 0.25) is 0 Å². The Hall–Kier alpha value is 0.564. The molecule has 0 fully saturated rings. The molecule has 1 atom stereocenters. The van der Waals surface area contributed by atoms with Crippen LogP contribution >= 0.6 is 11.1 Å². The molecule has 0 amide bonds. The third kappa shape index (κ3) is 10.2. The first-order valence-corrected chi connectivity index (χ1v) is 14.3. The largest absolute Gasteiger partial charge is 0.492 e. The van der Waals surface area contributed by atoms with Crippen LogP contribution in [0.3, 0.4) is 0 Å². The molecule has 0 heterocycles. The highest BCUT2D eigenvalue weighted by Crippen LogP contribution is 2.28. The molecule has 0 radical (unpaired) electrons. The summed E-state index contributed by atoms with van der Waals surface area (Å²) in [4.78, 5) is 0. The average Bonchev–Trinajstić information content (AvgIpc) is 2.55. The summed E-state index contributed by atoms with van der Waals surface area (Å²) < 4.78 is 24.6. The smallest absolute Gasteiger partial charge is 0.383 e. The molecule has 0 bridgehead atoms. The van der Waals surface area contributed by atoms with Gasteiger partial charge in [0.25, 0.3) is 0 Å². The molecule has 0 aromatic rings. The van der Waals surface area contributed by atoms with Crippen molar-refractivity contribution in [3.05, 3.63) is 0 Å². The molecule has 0 aromatic heterocycles. The average molecular weight is 385 g/mol. The molecule has 23 heavy (non-hydrogen) atoms. The second-order valence-electron chi connectivity index (χ2n) is 5.76. The third-order valence-corrected chi connectivity index (χ3v) is 11.5. The number of halogens is 1. The van der Waals surface area contributed by atoms with Crippen LogP contribution in [0.15, 0.2) is 0 Å². The lowest BCUT2D eigenvalue weighted by atomic mass is 10.4. The molecule has 140 valence electrons. The minimum atomic E-state index is -2.76. The van der Waals surface area contributed by atoms with Gasteiger partial charge in [0.15, 0.2) is 0 Å². The van der Waals surface area contributed by atoms with Crippen LogP contribution < -0.4 is 0 Å². The predicted octanol–water partition coefficient (Wildman–Crippen LogP) is 5.61. The highest BCUT2D eigenvalue weighted by molar-refractivity contribution is 7.15. The molecule has 0 aliphatic heterocycles. The van der Waals surface area contributed by atoms with E-state index in [-0.39, 0.29) is 0 Å². The van der Waals surface area contributed by atoms with E-state index in [2.05, 4.69) is 27.7 Å². The Bertz CT molecular complexity index is 275. The fourth-order valence-electron chi connectivity index (χ4n) is 1.93. The molecule has 1 unspecified atom stereocenters. The predicted molar refractivity (Wildman–Crippen MR) is 102 cm³/mol. The van der Waals surface area contributed by atoms with Gasteiger partial charge in [0.05, 0.1) is 0 Å². The summed E-state index contributed by atoms with van der Waals surface area (Å²) in [7, 11) is -5.51. The number of rotatable bonds is 16. The summed E-state index contributed by atoms with van der Waals surface area (Å²) in [5.74, 6) is 0. The van der Waals surface area contributed by atoms with Crippen molar-refractivity contribution in [1.82, 2.24) is 0 Å². The van der Waals surface area contributed by atoms with E-state index >= 15 is 0 Å². The summed E-state index contributed by atoms with van der Waals surface area (Å²) in [6, 6.07) is 1.43. The molecule has 0 saturated carbocycles. The molecule has 0 rings (SSSR count). The van der Waals surface area contributed by atoms with Crippen molar-refractivity contribution >= 4 is 27.8 Å². The molecule has 4 nitrogen and oxygen atoms in total. The molecule has 0 saturated heterocycles. The molecule has 0 aromatic carbocycles. The summed E-state index contributed by atoms with van der Waals surface area (Å²) in [6.45, 7) is 12.5. The maximum absolute atomic E-state index is 6.72. The van der Waals surface area contributed by atoms with Crippen molar-refractivity contribution in [2.75, 3.05) is 19.8 Å². The zero-order valence-corrected chi connectivity index (χ0v) is 18.5. The molecule has 0 aliphatic carbocycles. The van der Waals surface area contributed by atoms with Crippen LogP contribution in [0.5, 0.6) is 0 Å². The molecule has 0 aliphatic rings. The van der Waals surface area contributed by atoms with Gasteiger partial charge in [-0.2, -0.15) is 0 Å². The Labute approximate surface area is 150 Å². The van der Waals surface area contributed by atoms with Gasteiger partial charge in [0, 0.05) is 31.9 Å². The van der Waals surface area contributed by atoms with E-state index in [0.29, 0.717) is 25.9 Å². The lowest BCUT2D eigenvalue weighted by Crippen LogP contribution is -2.54. The van der Waals surface area contributed by atoms with Gasteiger partial charge in [0.1, 0.15) is 0 Å². The minimum absolute atomic E-state index is 0.651. The monoisotopic (exact) mass is 384 g/mol. The molecular weight excluding hydrogens is 348 g/mol. The summed E-state index contributed by atoms with van der Waals surface area (Å²) >= 11 is 6.72. The van der Waals surface area contributed by atoms with E-state index in [1.165, 1.54) is 0 Å². The topological polar surface area (TPSA) is 36.9 Å². The first-order valence-electron chi connectivity index (χ1n) is 9.32. The Morgan fingerprint density at radius 3 is 1.43 bits per heavy atom. The van der Waals surface area contributed by atoms with Gasteiger partial charge in [-0.05, 0) is 19.3 Å². The fourth-order valence-corrected chi connectivity index (χ4v) is 8.99. The zero-order valence-electron chi connectivity index (χ0n) is 15.8. The van der Waals surface area contributed by atoms with E-state index in [0.717, 1.165) is 44.6 Å². The van der Waals surface area contributed by atoms with Crippen LogP contribution in [0.1, 0.15) is 73.1 Å². The van der Waals surface area contributed by atoms with Crippen molar-refractivity contribution in [2.24, 2.45) is 0 Å². The molecule has 7 heteroatoms. The lowest BCUT2D eigenvalue weighted by Gasteiger charge is -2.35. The van der Waals surface area contributed by atoms with Crippen molar-refractivity contribution in [2.45, 2.75) is 85.2 Å². The highest BCUT2D eigenvalue weighted by Gasteiger charge is 2.49. The molecular formula is C16H37ClO4Si2. The number of unbranched alkanes of at least 4 members (excludes halogenated alkanes) is 3. The normalized spacial score (nSPS) is 14.9. The van der Waals surface area contributed by atoms with Crippen LogP contribution in [-0.2, 0) is 17.4 Å². The zero-order chi connectivity index (χ0) is 17.6. The minimum Gasteiger partial charge on any atom is -0.383 e. The van der Waals surface area contributed by atoms with Crippen molar-refractivity contribution < 1.29 is 17.4 Å². The van der Waals surface area contributed by atoms with E-state index in [4.69, 9.17) is 28.5 Å². The standard InChI is InChI=1S/C16H37ClO4Si2/c1-6-11-14-18-22(17,9-4)21-23(10-5,19-15-12-7-2)20-16-13-8-3/h6-16H2,1-5H3. The van der Waals surface area contributed by atoms with Gasteiger partial charge in [-0.25, -0.2) is 0 Å². The quantitative estimate of drug-likeness (QED) is 0.197. The second-order valence-corrected chi connectivity index (χ2v) is 13.3. The van der Waals surface area contributed by atoms with Gasteiger partial charge >= 0.3 is 16.7 Å². The van der Waals surface area contributed by atoms with Gasteiger partial charge in [-0.1, -0.05) is 65.0 Å². The Balaban J connectivity index is 4.89. The van der Waals surface area contributed by atoms with Crippen LogP contribution in [0.4, 0.5) is 0 Å². The third-order valence-electron chi connectivity index (χ3n) is 3.62. The molecule has 0 spiro atoms. The first kappa shape index (κ1) is 23.6.